The van der Waals surface area contributed by atoms with Crippen LogP contribution in [-0.4, -0.2) is 51.0 Å². The molecule has 0 aliphatic carbocycles. The summed E-state index contributed by atoms with van der Waals surface area (Å²) in [4.78, 5) is 15.3. The van der Waals surface area contributed by atoms with Gasteiger partial charge in [0.2, 0.25) is 0 Å². The lowest BCUT2D eigenvalue weighted by Crippen LogP contribution is -2.18. The minimum atomic E-state index is -0.217. The molecule has 0 atom stereocenters. The Labute approximate surface area is 181 Å². The van der Waals surface area contributed by atoms with Gasteiger partial charge in [0.1, 0.15) is 5.69 Å². The highest BCUT2D eigenvalue weighted by atomic mass is 16.1. The third-order valence-corrected chi connectivity index (χ3v) is 4.94. The monoisotopic (exact) mass is 414 g/mol. The van der Waals surface area contributed by atoms with Crippen molar-refractivity contribution in [3.05, 3.63) is 84.3 Å². The number of carbonyl (C=O) groups is 1. The number of nitrogens with one attached hydrogen (secondary N) is 1. The highest BCUT2D eigenvalue weighted by molar-refractivity contribution is 6.08. The van der Waals surface area contributed by atoms with Crippen molar-refractivity contribution < 1.29 is 4.79 Å². The maximum Gasteiger partial charge on any atom is 0.259 e. The van der Waals surface area contributed by atoms with Crippen LogP contribution in [0.25, 0.3) is 16.9 Å². The molecule has 0 aliphatic heterocycles. The highest BCUT2D eigenvalue weighted by Gasteiger charge is 2.19. The molecule has 0 saturated carbocycles. The maximum absolute atomic E-state index is 13.2. The molecule has 0 bridgehead atoms. The Balaban J connectivity index is 1.64. The molecule has 0 unspecified atom stereocenters. The SMILES string of the molecule is Cc1cccc(-c2nn(-c3ccccc3)cc2C(=O)Nc2cnn(CCN(C)C)c2)c1. The van der Waals surface area contributed by atoms with Crippen LogP contribution >= 0.6 is 0 Å². The number of likely N-dealkylation sites (N-methyl/N-ethyl adjacent to an activating group) is 1. The van der Waals surface area contributed by atoms with Crippen LogP contribution in [0, 0.1) is 6.92 Å². The molecule has 0 spiro atoms. The third-order valence-electron chi connectivity index (χ3n) is 4.94. The quantitative estimate of drug-likeness (QED) is 0.499. The molecule has 4 rings (SSSR count). The first kappa shape index (κ1) is 20.6. The minimum Gasteiger partial charge on any atom is -0.319 e. The normalized spacial score (nSPS) is 11.1. The number of anilines is 1. The van der Waals surface area contributed by atoms with E-state index in [-0.39, 0.29) is 5.91 Å². The number of benzene rings is 2. The lowest BCUT2D eigenvalue weighted by molar-refractivity contribution is 0.102. The Morgan fingerprint density at radius 1 is 1.06 bits per heavy atom. The summed E-state index contributed by atoms with van der Waals surface area (Å²) < 4.78 is 3.57. The van der Waals surface area contributed by atoms with Crippen LogP contribution in [0.5, 0.6) is 0 Å². The second-order valence-corrected chi connectivity index (χ2v) is 7.79. The lowest BCUT2D eigenvalue weighted by atomic mass is 10.1. The molecular formula is C24H26N6O. The van der Waals surface area contributed by atoms with Gasteiger partial charge >= 0.3 is 0 Å². The second kappa shape index (κ2) is 8.97. The number of para-hydroxylation sites is 1. The number of carbonyl (C=O) groups excluding carboxylic acids is 1. The minimum absolute atomic E-state index is 0.217. The summed E-state index contributed by atoms with van der Waals surface area (Å²) in [5, 5.41) is 12.0. The summed E-state index contributed by atoms with van der Waals surface area (Å²) in [7, 11) is 4.03. The summed E-state index contributed by atoms with van der Waals surface area (Å²) in [5.41, 5.74) is 4.72. The van der Waals surface area contributed by atoms with Gasteiger partial charge in [-0.05, 0) is 39.2 Å². The van der Waals surface area contributed by atoms with Gasteiger partial charge in [0.25, 0.3) is 5.91 Å². The van der Waals surface area contributed by atoms with Crippen molar-refractivity contribution in [3.63, 3.8) is 0 Å². The van der Waals surface area contributed by atoms with E-state index >= 15 is 0 Å². The van der Waals surface area contributed by atoms with E-state index in [0.29, 0.717) is 16.9 Å². The van der Waals surface area contributed by atoms with E-state index in [4.69, 9.17) is 5.10 Å². The molecule has 0 aliphatic rings. The molecule has 7 nitrogen and oxygen atoms in total. The van der Waals surface area contributed by atoms with Crippen molar-refractivity contribution in [1.29, 1.82) is 0 Å². The molecule has 1 amide bonds. The molecule has 0 saturated heterocycles. The maximum atomic E-state index is 13.2. The fourth-order valence-electron chi connectivity index (χ4n) is 3.31. The molecule has 2 aromatic carbocycles. The van der Waals surface area contributed by atoms with Crippen molar-refractivity contribution in [2.24, 2.45) is 0 Å². The molecule has 0 fully saturated rings. The molecule has 2 aromatic heterocycles. The second-order valence-electron chi connectivity index (χ2n) is 7.79. The first-order valence-electron chi connectivity index (χ1n) is 10.2. The fraction of sp³-hybridized carbons (Fsp3) is 0.208. The van der Waals surface area contributed by atoms with E-state index in [1.807, 2.05) is 86.5 Å². The van der Waals surface area contributed by atoms with Gasteiger partial charge in [0.15, 0.2) is 0 Å². The largest absolute Gasteiger partial charge is 0.319 e. The number of aromatic nitrogens is 4. The Morgan fingerprint density at radius 3 is 2.61 bits per heavy atom. The van der Waals surface area contributed by atoms with E-state index < -0.39 is 0 Å². The smallest absolute Gasteiger partial charge is 0.259 e. The van der Waals surface area contributed by atoms with E-state index in [2.05, 4.69) is 15.3 Å². The van der Waals surface area contributed by atoms with Crippen molar-refractivity contribution in [3.8, 4) is 16.9 Å². The van der Waals surface area contributed by atoms with E-state index in [9.17, 15) is 4.79 Å². The number of hydrogen-bond donors (Lipinski definition) is 1. The van der Waals surface area contributed by atoms with Crippen LogP contribution in [0.3, 0.4) is 0 Å². The van der Waals surface area contributed by atoms with Gasteiger partial charge < -0.3 is 10.2 Å². The summed E-state index contributed by atoms with van der Waals surface area (Å²) in [5.74, 6) is -0.217. The zero-order valence-electron chi connectivity index (χ0n) is 18.0. The van der Waals surface area contributed by atoms with Crippen LogP contribution in [0.1, 0.15) is 15.9 Å². The van der Waals surface area contributed by atoms with Gasteiger partial charge in [-0.15, -0.1) is 0 Å². The number of nitrogens with zero attached hydrogens (tertiary/aromatic N) is 5. The Morgan fingerprint density at radius 2 is 1.87 bits per heavy atom. The Hall–Kier alpha value is -3.71. The Kier molecular flexibility index (Phi) is 5.95. The van der Waals surface area contributed by atoms with Gasteiger partial charge in [0.05, 0.1) is 29.7 Å². The molecule has 31 heavy (non-hydrogen) atoms. The van der Waals surface area contributed by atoms with Crippen LogP contribution in [-0.2, 0) is 6.54 Å². The number of aryl methyl sites for hydroxylation is 1. The summed E-state index contributed by atoms with van der Waals surface area (Å²) >= 11 is 0. The number of hydrogen-bond acceptors (Lipinski definition) is 4. The fourth-order valence-corrected chi connectivity index (χ4v) is 3.31. The predicted octanol–water partition coefficient (Wildman–Crippen LogP) is 3.86. The van der Waals surface area contributed by atoms with Gasteiger partial charge in [0, 0.05) is 24.5 Å². The number of amides is 1. The summed E-state index contributed by atoms with van der Waals surface area (Å²) in [6.07, 6.45) is 5.29. The van der Waals surface area contributed by atoms with E-state index in [1.54, 1.807) is 17.1 Å². The van der Waals surface area contributed by atoms with Crippen molar-refractivity contribution in [1.82, 2.24) is 24.5 Å². The zero-order chi connectivity index (χ0) is 21.8. The van der Waals surface area contributed by atoms with Crippen LogP contribution in [0.15, 0.2) is 73.2 Å². The van der Waals surface area contributed by atoms with Crippen molar-refractivity contribution in [2.75, 3.05) is 26.0 Å². The van der Waals surface area contributed by atoms with Crippen molar-refractivity contribution >= 4 is 11.6 Å². The predicted molar refractivity (Wildman–Crippen MR) is 122 cm³/mol. The molecule has 2 heterocycles. The van der Waals surface area contributed by atoms with Gasteiger partial charge in [-0.1, -0.05) is 42.0 Å². The molecule has 1 N–H and O–H groups in total. The molecule has 158 valence electrons. The van der Waals surface area contributed by atoms with Crippen LogP contribution < -0.4 is 5.32 Å². The molecule has 0 radical (unpaired) electrons. The molecular weight excluding hydrogens is 388 g/mol. The van der Waals surface area contributed by atoms with Gasteiger partial charge in [-0.3, -0.25) is 9.48 Å². The molecule has 7 heteroatoms. The number of rotatable bonds is 7. The van der Waals surface area contributed by atoms with E-state index in [0.717, 1.165) is 29.9 Å². The topological polar surface area (TPSA) is 68.0 Å². The standard InChI is InChI=1S/C24H26N6O/c1-18-8-7-9-19(14-18)23-22(17-30(27-23)21-10-5-4-6-11-21)24(31)26-20-15-25-29(16-20)13-12-28(2)3/h4-11,14-17H,12-13H2,1-3H3,(H,26,31). The average molecular weight is 415 g/mol. The van der Waals surface area contributed by atoms with Crippen LogP contribution in [0.2, 0.25) is 0 Å². The first-order valence-corrected chi connectivity index (χ1v) is 10.2. The highest BCUT2D eigenvalue weighted by Crippen LogP contribution is 2.25. The lowest BCUT2D eigenvalue weighted by Gasteiger charge is -2.08. The van der Waals surface area contributed by atoms with Crippen LogP contribution in [0.4, 0.5) is 5.69 Å². The molecule has 4 aromatic rings. The first-order chi connectivity index (χ1) is 15.0. The van der Waals surface area contributed by atoms with Gasteiger partial charge in [-0.25, -0.2) is 4.68 Å². The average Bonchev–Trinajstić information content (AvgIpc) is 3.40. The third kappa shape index (κ3) is 4.90. The zero-order valence-corrected chi connectivity index (χ0v) is 18.0. The summed E-state index contributed by atoms with van der Waals surface area (Å²) in [6.45, 7) is 3.65. The van der Waals surface area contributed by atoms with Gasteiger partial charge in [-0.2, -0.15) is 10.2 Å². The van der Waals surface area contributed by atoms with Crippen molar-refractivity contribution in [2.45, 2.75) is 13.5 Å². The van der Waals surface area contributed by atoms with E-state index in [1.165, 1.54) is 0 Å². The Bertz CT molecular complexity index is 1180. The summed E-state index contributed by atoms with van der Waals surface area (Å²) in [6, 6.07) is 17.8.